The van der Waals surface area contributed by atoms with Gasteiger partial charge < -0.3 is 0 Å². The Kier molecular flexibility index (Phi) is 8.06. The van der Waals surface area contributed by atoms with Crippen molar-refractivity contribution in [1.82, 2.24) is 9.90 Å². The molecule has 0 saturated heterocycles. The maximum absolute atomic E-state index is 4.94. The molecule has 0 aliphatic rings. The molecule has 0 saturated carbocycles. The van der Waals surface area contributed by atoms with E-state index in [0.29, 0.717) is 0 Å². The van der Waals surface area contributed by atoms with E-state index in [4.69, 9.17) is 5.21 Å². The summed E-state index contributed by atoms with van der Waals surface area (Å²) in [5.41, 5.74) is 6.57. The highest BCUT2D eigenvalue weighted by Gasteiger charge is 2.18. The molecule has 0 radical (unpaired) electrons. The second-order valence-electron chi connectivity index (χ2n) is 9.91. The third kappa shape index (κ3) is 6.78. The molecule has 166 valence electrons. The van der Waals surface area contributed by atoms with Crippen LogP contribution in [-0.2, 0) is 18.4 Å². The lowest BCUT2D eigenvalue weighted by atomic mass is 9.87. The first-order chi connectivity index (χ1) is 14.9. The SMILES string of the molecule is CCCCCCCCc1c[n+](-c2ccc(C)cc2)nn1Cc1ccc(C(C)(C)C)cc1. The van der Waals surface area contributed by atoms with Gasteiger partial charge >= 0.3 is 0 Å². The van der Waals surface area contributed by atoms with Crippen LogP contribution in [0.2, 0.25) is 0 Å². The summed E-state index contributed by atoms with van der Waals surface area (Å²) in [6.07, 6.45) is 11.2. The zero-order chi connectivity index (χ0) is 22.3. The van der Waals surface area contributed by atoms with Crippen molar-refractivity contribution < 1.29 is 4.68 Å². The van der Waals surface area contributed by atoms with Crippen LogP contribution in [0.5, 0.6) is 0 Å². The van der Waals surface area contributed by atoms with E-state index in [1.54, 1.807) is 0 Å². The molecule has 0 bridgehead atoms. The molecule has 2 aromatic carbocycles. The van der Waals surface area contributed by atoms with E-state index in [-0.39, 0.29) is 5.41 Å². The molecular formula is C28H40N3+. The lowest BCUT2D eigenvalue weighted by molar-refractivity contribution is -0.661. The van der Waals surface area contributed by atoms with Crippen molar-refractivity contribution in [2.75, 3.05) is 0 Å². The maximum atomic E-state index is 4.94. The summed E-state index contributed by atoms with van der Waals surface area (Å²) in [6.45, 7) is 12.0. The van der Waals surface area contributed by atoms with Gasteiger partial charge in [-0.25, -0.2) is 0 Å². The summed E-state index contributed by atoms with van der Waals surface area (Å²) >= 11 is 0. The minimum Gasteiger partial charge on any atom is -0.129 e. The van der Waals surface area contributed by atoms with Crippen LogP contribution in [-0.4, -0.2) is 9.90 Å². The van der Waals surface area contributed by atoms with E-state index < -0.39 is 0 Å². The molecule has 1 aromatic heterocycles. The first-order valence-corrected chi connectivity index (χ1v) is 12.0. The van der Waals surface area contributed by atoms with Gasteiger partial charge in [-0.3, -0.25) is 0 Å². The normalized spacial score (nSPS) is 11.8. The van der Waals surface area contributed by atoms with E-state index in [1.165, 1.54) is 60.9 Å². The van der Waals surface area contributed by atoms with Gasteiger partial charge in [0.1, 0.15) is 6.54 Å². The number of hydrogen-bond acceptors (Lipinski definition) is 1. The fraction of sp³-hybridized carbons (Fsp3) is 0.500. The van der Waals surface area contributed by atoms with E-state index in [2.05, 4.69) is 94.0 Å². The summed E-state index contributed by atoms with van der Waals surface area (Å²) in [5, 5.41) is 4.94. The Morgan fingerprint density at radius 2 is 1.48 bits per heavy atom. The summed E-state index contributed by atoms with van der Waals surface area (Å²) in [5.74, 6) is 0. The highest BCUT2D eigenvalue weighted by Crippen LogP contribution is 2.22. The Bertz CT molecular complexity index is 928. The largest absolute Gasteiger partial charge is 0.168 e. The molecule has 31 heavy (non-hydrogen) atoms. The molecule has 0 amide bonds. The highest BCUT2D eigenvalue weighted by atomic mass is 15.5. The first kappa shape index (κ1) is 23.2. The molecule has 0 aliphatic carbocycles. The summed E-state index contributed by atoms with van der Waals surface area (Å²) in [7, 11) is 0. The van der Waals surface area contributed by atoms with Crippen molar-refractivity contribution in [3.8, 4) is 5.69 Å². The van der Waals surface area contributed by atoms with Gasteiger partial charge in [-0.15, -0.1) is 9.36 Å². The van der Waals surface area contributed by atoms with Crippen LogP contribution >= 0.6 is 0 Å². The van der Waals surface area contributed by atoms with Gasteiger partial charge in [0, 0.05) is 6.42 Å². The third-order valence-corrected chi connectivity index (χ3v) is 6.04. The van der Waals surface area contributed by atoms with Crippen molar-refractivity contribution in [2.45, 2.75) is 91.5 Å². The minimum absolute atomic E-state index is 0.182. The Balaban J connectivity index is 1.76. The molecule has 0 fully saturated rings. The predicted molar refractivity (Wildman–Crippen MR) is 130 cm³/mol. The van der Waals surface area contributed by atoms with Crippen molar-refractivity contribution >= 4 is 0 Å². The van der Waals surface area contributed by atoms with Crippen molar-refractivity contribution in [3.63, 3.8) is 0 Å². The summed E-state index contributed by atoms with van der Waals surface area (Å²) in [4.78, 5) is 0. The number of benzene rings is 2. The van der Waals surface area contributed by atoms with Gasteiger partial charge in [-0.05, 0) is 42.0 Å². The molecule has 0 atom stereocenters. The zero-order valence-corrected chi connectivity index (χ0v) is 20.2. The molecule has 3 heteroatoms. The van der Waals surface area contributed by atoms with Crippen LogP contribution in [0.3, 0.4) is 0 Å². The van der Waals surface area contributed by atoms with E-state index >= 15 is 0 Å². The van der Waals surface area contributed by atoms with Crippen LogP contribution in [0.1, 0.15) is 88.6 Å². The fourth-order valence-electron chi connectivity index (χ4n) is 3.93. The molecule has 3 nitrogen and oxygen atoms in total. The van der Waals surface area contributed by atoms with E-state index in [9.17, 15) is 0 Å². The molecule has 3 aromatic rings. The standard InChI is InChI=1S/C28H40N3/c1-6-7-8-9-10-11-12-27-22-31(26-19-13-23(2)14-20-26)29-30(27)21-24-15-17-25(18-16-24)28(3,4)5/h13-20,22H,6-12,21H2,1-5H3/q+1. The van der Waals surface area contributed by atoms with Crippen LogP contribution < -0.4 is 4.68 Å². The van der Waals surface area contributed by atoms with E-state index in [0.717, 1.165) is 18.7 Å². The van der Waals surface area contributed by atoms with E-state index in [1.807, 2.05) is 4.68 Å². The van der Waals surface area contributed by atoms with Gasteiger partial charge in [-0.2, -0.15) is 0 Å². The average Bonchev–Trinajstić information content (AvgIpc) is 3.13. The fourth-order valence-corrected chi connectivity index (χ4v) is 3.93. The maximum Gasteiger partial charge on any atom is 0.168 e. The number of nitrogens with zero attached hydrogens (tertiary/aromatic N) is 3. The zero-order valence-electron chi connectivity index (χ0n) is 20.2. The van der Waals surface area contributed by atoms with Crippen molar-refractivity contribution in [3.05, 3.63) is 77.1 Å². The van der Waals surface area contributed by atoms with Crippen molar-refractivity contribution in [1.29, 1.82) is 0 Å². The molecule has 0 aliphatic heterocycles. The Labute approximate surface area is 189 Å². The highest BCUT2D eigenvalue weighted by molar-refractivity contribution is 5.28. The first-order valence-electron chi connectivity index (χ1n) is 12.0. The minimum atomic E-state index is 0.182. The topological polar surface area (TPSA) is 21.7 Å². The van der Waals surface area contributed by atoms with Crippen LogP contribution in [0, 0.1) is 6.92 Å². The molecule has 0 unspecified atom stereocenters. The monoisotopic (exact) mass is 418 g/mol. The second-order valence-corrected chi connectivity index (χ2v) is 9.91. The Hall–Kier alpha value is -2.42. The van der Waals surface area contributed by atoms with Gasteiger partial charge in [0.15, 0.2) is 17.6 Å². The number of rotatable bonds is 10. The summed E-state index contributed by atoms with van der Waals surface area (Å²) in [6, 6.07) is 17.7. The smallest absolute Gasteiger partial charge is 0.129 e. The van der Waals surface area contributed by atoms with Gasteiger partial charge in [0.25, 0.3) is 0 Å². The Morgan fingerprint density at radius 1 is 0.839 bits per heavy atom. The van der Waals surface area contributed by atoms with Crippen LogP contribution in [0.4, 0.5) is 0 Å². The predicted octanol–water partition coefficient (Wildman–Crippen LogP) is 6.72. The van der Waals surface area contributed by atoms with Gasteiger partial charge in [-0.1, -0.05) is 102 Å². The number of aryl methyl sites for hydroxylation is 2. The average molecular weight is 419 g/mol. The van der Waals surface area contributed by atoms with Gasteiger partial charge in [0.05, 0.1) is 5.21 Å². The molecular weight excluding hydrogens is 378 g/mol. The Morgan fingerprint density at radius 3 is 2.13 bits per heavy atom. The lowest BCUT2D eigenvalue weighted by Crippen LogP contribution is -2.33. The molecule has 0 N–H and O–H groups in total. The summed E-state index contributed by atoms with van der Waals surface area (Å²) < 4.78 is 4.23. The van der Waals surface area contributed by atoms with Crippen LogP contribution in [0.25, 0.3) is 5.69 Å². The quantitative estimate of drug-likeness (QED) is 0.265. The van der Waals surface area contributed by atoms with Gasteiger partial charge in [0.2, 0.25) is 0 Å². The lowest BCUT2D eigenvalue weighted by Gasteiger charge is -2.18. The number of aromatic nitrogens is 3. The van der Waals surface area contributed by atoms with Crippen molar-refractivity contribution in [2.24, 2.45) is 0 Å². The molecule has 1 heterocycles. The number of hydrogen-bond donors (Lipinski definition) is 0. The molecule has 3 rings (SSSR count). The molecule has 0 spiro atoms. The number of unbranched alkanes of at least 4 members (excludes halogenated alkanes) is 5. The third-order valence-electron chi connectivity index (χ3n) is 6.04. The second kappa shape index (κ2) is 10.7. The van der Waals surface area contributed by atoms with Crippen LogP contribution in [0.15, 0.2) is 54.7 Å².